The van der Waals surface area contributed by atoms with Gasteiger partial charge in [0.05, 0.1) is 10.0 Å². The smallest absolute Gasteiger partial charge is 0.321 e. The van der Waals surface area contributed by atoms with Crippen molar-refractivity contribution in [3.63, 3.8) is 0 Å². The Morgan fingerprint density at radius 3 is 2.79 bits per heavy atom. The van der Waals surface area contributed by atoms with Crippen molar-refractivity contribution in [2.24, 2.45) is 0 Å². The number of urea groups is 1. The highest BCUT2D eigenvalue weighted by molar-refractivity contribution is 7.13. The molecule has 0 fully saturated rings. The highest BCUT2D eigenvalue weighted by Crippen LogP contribution is 2.31. The molecular weight excluding hydrogens is 419 g/mol. The summed E-state index contributed by atoms with van der Waals surface area (Å²) in [6.07, 6.45) is 2.22. The second kappa shape index (κ2) is 8.80. The van der Waals surface area contributed by atoms with E-state index in [1.165, 1.54) is 17.0 Å². The Kier molecular flexibility index (Phi) is 6.62. The standard InChI is InChI=1S/C19H22Cl2N4O2S/c1-4-25(12(2)7-13(3)27-25)10-15-11-28-19(23-15)24-18(26)22-9-14-5-6-16(20)17(21)8-14/h5-8,11,13H,4,9-10H2,1-3H3,(H-,22,23,24,26)/p+1. The number of halogens is 2. The molecule has 2 heterocycles. The van der Waals surface area contributed by atoms with Crippen molar-refractivity contribution < 1.29 is 14.3 Å². The fourth-order valence-electron chi connectivity index (χ4n) is 3.18. The zero-order valence-electron chi connectivity index (χ0n) is 16.0. The lowest BCUT2D eigenvalue weighted by Gasteiger charge is -2.30. The van der Waals surface area contributed by atoms with E-state index in [1.807, 2.05) is 18.4 Å². The number of rotatable bonds is 6. The predicted molar refractivity (Wildman–Crippen MR) is 113 cm³/mol. The molecule has 2 atom stereocenters. The minimum Gasteiger partial charge on any atom is -0.334 e. The third-order valence-electron chi connectivity index (χ3n) is 4.62. The number of amides is 2. The van der Waals surface area contributed by atoms with Gasteiger partial charge in [-0.2, -0.15) is 4.84 Å². The van der Waals surface area contributed by atoms with Gasteiger partial charge in [0, 0.05) is 24.9 Å². The van der Waals surface area contributed by atoms with Crippen molar-refractivity contribution in [1.82, 2.24) is 10.3 Å². The molecule has 1 aromatic carbocycles. The van der Waals surface area contributed by atoms with E-state index in [1.54, 1.807) is 12.1 Å². The molecule has 9 heteroatoms. The molecule has 2 amide bonds. The first-order valence-electron chi connectivity index (χ1n) is 8.99. The number of quaternary nitrogens is 1. The van der Waals surface area contributed by atoms with Crippen LogP contribution in [0.15, 0.2) is 35.4 Å². The van der Waals surface area contributed by atoms with Crippen LogP contribution in [-0.2, 0) is 17.9 Å². The summed E-state index contributed by atoms with van der Waals surface area (Å²) in [4.78, 5) is 22.8. The number of hydrogen-bond acceptors (Lipinski definition) is 4. The highest BCUT2D eigenvalue weighted by atomic mass is 35.5. The Morgan fingerprint density at radius 1 is 1.36 bits per heavy atom. The predicted octanol–water partition coefficient (Wildman–Crippen LogP) is 5.35. The number of allylic oxidation sites excluding steroid dienone is 1. The number of hydrogen-bond donors (Lipinski definition) is 2. The number of carbonyl (C=O) groups is 1. The Morgan fingerprint density at radius 2 is 2.14 bits per heavy atom. The molecule has 28 heavy (non-hydrogen) atoms. The Bertz CT molecular complexity index is 902. The molecule has 6 nitrogen and oxygen atoms in total. The number of nitrogens with zero attached hydrogens (tertiary/aromatic N) is 2. The van der Waals surface area contributed by atoms with Gasteiger partial charge >= 0.3 is 6.03 Å². The maximum atomic E-state index is 12.2. The minimum absolute atomic E-state index is 0.0864. The summed E-state index contributed by atoms with van der Waals surface area (Å²) >= 11 is 13.3. The number of benzene rings is 1. The van der Waals surface area contributed by atoms with Crippen LogP contribution in [0.5, 0.6) is 0 Å². The Balaban J connectivity index is 1.56. The zero-order chi connectivity index (χ0) is 20.3. The van der Waals surface area contributed by atoms with E-state index in [4.69, 9.17) is 28.0 Å². The van der Waals surface area contributed by atoms with Crippen LogP contribution in [-0.4, -0.2) is 28.3 Å². The quantitative estimate of drug-likeness (QED) is 0.594. The molecule has 0 spiro atoms. The van der Waals surface area contributed by atoms with E-state index in [-0.39, 0.29) is 12.1 Å². The molecule has 2 N–H and O–H groups in total. The zero-order valence-corrected chi connectivity index (χ0v) is 18.3. The SMILES string of the molecule is CC[N+]1(Cc2csc(NC(=O)NCc3ccc(Cl)c(Cl)c3)n2)OC(C)C=C1C. The first-order valence-corrected chi connectivity index (χ1v) is 10.6. The van der Waals surface area contributed by atoms with Crippen LogP contribution in [0.2, 0.25) is 10.0 Å². The molecule has 0 saturated heterocycles. The van der Waals surface area contributed by atoms with Crippen LogP contribution in [0.1, 0.15) is 32.0 Å². The Hall–Kier alpha value is -1.64. The third-order valence-corrected chi connectivity index (χ3v) is 6.17. The van der Waals surface area contributed by atoms with Crippen LogP contribution in [0.4, 0.5) is 9.93 Å². The van der Waals surface area contributed by atoms with Gasteiger partial charge in [0.1, 0.15) is 24.0 Å². The van der Waals surface area contributed by atoms with Crippen molar-refractivity contribution >= 4 is 45.7 Å². The fourth-order valence-corrected chi connectivity index (χ4v) is 4.19. The van der Waals surface area contributed by atoms with E-state index in [0.717, 1.165) is 17.8 Å². The van der Waals surface area contributed by atoms with Gasteiger partial charge in [-0.05, 0) is 31.5 Å². The average molecular weight is 442 g/mol. The fraction of sp³-hybridized carbons (Fsp3) is 0.368. The molecule has 0 radical (unpaired) electrons. The molecule has 150 valence electrons. The third kappa shape index (κ3) is 4.85. The average Bonchev–Trinajstić information content (AvgIpc) is 3.19. The van der Waals surface area contributed by atoms with Gasteiger partial charge in [-0.3, -0.25) is 5.32 Å². The number of hydroxylamine groups is 3. The molecule has 1 aliphatic heterocycles. The van der Waals surface area contributed by atoms with Gasteiger partial charge in [0.2, 0.25) is 0 Å². The number of thiazole rings is 1. The molecule has 2 unspecified atom stereocenters. The monoisotopic (exact) mass is 441 g/mol. The van der Waals surface area contributed by atoms with Crippen molar-refractivity contribution in [2.45, 2.75) is 40.0 Å². The lowest BCUT2D eigenvalue weighted by molar-refractivity contribution is -1.08. The summed E-state index contributed by atoms with van der Waals surface area (Å²) in [5.41, 5.74) is 2.92. The summed E-state index contributed by atoms with van der Waals surface area (Å²) in [7, 11) is 0. The molecular formula is C19H23Cl2N4O2S+. The van der Waals surface area contributed by atoms with Gasteiger partial charge < -0.3 is 5.32 Å². The van der Waals surface area contributed by atoms with Gasteiger partial charge in [0.25, 0.3) is 0 Å². The van der Waals surface area contributed by atoms with Crippen LogP contribution in [0.25, 0.3) is 0 Å². The molecule has 3 rings (SSSR count). The topological polar surface area (TPSA) is 63.2 Å². The van der Waals surface area contributed by atoms with Crippen LogP contribution >= 0.6 is 34.5 Å². The number of carbonyl (C=O) groups excluding carboxylic acids is 1. The summed E-state index contributed by atoms with van der Waals surface area (Å²) in [5.74, 6) is 0. The maximum absolute atomic E-state index is 12.2. The number of nitrogens with one attached hydrogen (secondary N) is 2. The summed E-state index contributed by atoms with van der Waals surface area (Å²) in [5, 5.41) is 8.99. The van der Waals surface area contributed by atoms with E-state index in [2.05, 4.69) is 35.5 Å². The van der Waals surface area contributed by atoms with Crippen LogP contribution < -0.4 is 10.6 Å². The lowest BCUT2D eigenvalue weighted by Crippen LogP contribution is -2.43. The summed E-state index contributed by atoms with van der Waals surface area (Å²) in [6, 6.07) is 4.92. The van der Waals surface area contributed by atoms with Gasteiger partial charge in [-0.25, -0.2) is 9.78 Å². The van der Waals surface area contributed by atoms with Crippen molar-refractivity contribution in [1.29, 1.82) is 0 Å². The van der Waals surface area contributed by atoms with E-state index >= 15 is 0 Å². The molecule has 0 bridgehead atoms. The van der Waals surface area contributed by atoms with Crippen LogP contribution in [0, 0.1) is 0 Å². The normalized spacial score (nSPS) is 21.5. The lowest BCUT2D eigenvalue weighted by atomic mass is 10.2. The van der Waals surface area contributed by atoms with Gasteiger partial charge in [-0.15, -0.1) is 16.0 Å². The number of aromatic nitrogens is 1. The molecule has 2 aromatic rings. The maximum Gasteiger partial charge on any atom is 0.321 e. The van der Waals surface area contributed by atoms with Crippen molar-refractivity contribution in [3.05, 3.63) is 56.7 Å². The van der Waals surface area contributed by atoms with Gasteiger partial charge in [-0.1, -0.05) is 29.3 Å². The molecule has 1 aromatic heterocycles. The Labute approximate surface area is 178 Å². The molecule has 0 saturated carbocycles. The van der Waals surface area contributed by atoms with Crippen LogP contribution in [0.3, 0.4) is 0 Å². The van der Waals surface area contributed by atoms with Crippen molar-refractivity contribution in [3.8, 4) is 0 Å². The first-order chi connectivity index (χ1) is 13.3. The summed E-state index contributed by atoms with van der Waals surface area (Å²) in [6.45, 7) is 7.99. The summed E-state index contributed by atoms with van der Waals surface area (Å²) < 4.78 is 0.438. The molecule has 1 aliphatic rings. The second-order valence-electron chi connectivity index (χ2n) is 6.68. The highest BCUT2D eigenvalue weighted by Gasteiger charge is 2.39. The van der Waals surface area contributed by atoms with Gasteiger partial charge in [0.15, 0.2) is 11.7 Å². The number of anilines is 1. The van der Waals surface area contributed by atoms with E-state index < -0.39 is 0 Å². The van der Waals surface area contributed by atoms with Crippen molar-refractivity contribution in [2.75, 3.05) is 11.9 Å². The van der Waals surface area contributed by atoms with E-state index in [0.29, 0.717) is 32.9 Å². The minimum atomic E-state index is -0.325. The molecule has 0 aliphatic carbocycles. The van der Waals surface area contributed by atoms with E-state index in [9.17, 15) is 4.79 Å². The second-order valence-corrected chi connectivity index (χ2v) is 8.35. The largest absolute Gasteiger partial charge is 0.334 e. The first kappa shape index (κ1) is 21.1.